The molecule has 0 aliphatic carbocycles. The number of nitrogens with zero attached hydrogens (tertiary/aromatic N) is 1. The monoisotopic (exact) mass is 282 g/mol. The van der Waals surface area contributed by atoms with Gasteiger partial charge in [-0.3, -0.25) is 0 Å². The van der Waals surface area contributed by atoms with Gasteiger partial charge in [-0.15, -0.1) is 0 Å². The van der Waals surface area contributed by atoms with E-state index < -0.39 is 10.2 Å². The quantitative estimate of drug-likeness (QED) is 0.885. The van der Waals surface area contributed by atoms with E-state index in [4.69, 9.17) is 0 Å². The SMILES string of the molecule is CC(C)S(C(C)C)(C(C)C)n1ccc2c1CCNC2. The van der Waals surface area contributed by atoms with E-state index in [0.717, 1.165) is 28.8 Å². The van der Waals surface area contributed by atoms with Crippen molar-refractivity contribution in [2.24, 2.45) is 0 Å². The fourth-order valence-corrected chi connectivity index (χ4v) is 9.45. The van der Waals surface area contributed by atoms with Crippen LogP contribution in [0.25, 0.3) is 0 Å². The predicted octanol–water partition coefficient (Wildman–Crippen LogP) is 3.93. The molecule has 0 aromatic carbocycles. The van der Waals surface area contributed by atoms with Crippen molar-refractivity contribution in [2.45, 2.75) is 70.3 Å². The van der Waals surface area contributed by atoms with Crippen LogP contribution in [0.3, 0.4) is 0 Å². The summed E-state index contributed by atoms with van der Waals surface area (Å²) in [5.41, 5.74) is 3.12. The zero-order valence-electron chi connectivity index (χ0n) is 13.4. The summed E-state index contributed by atoms with van der Waals surface area (Å²) in [4.78, 5) is 0. The van der Waals surface area contributed by atoms with E-state index in [1.54, 1.807) is 5.69 Å². The molecule has 1 aromatic heterocycles. The Morgan fingerprint density at radius 3 is 2.16 bits per heavy atom. The average molecular weight is 282 g/mol. The van der Waals surface area contributed by atoms with Crippen molar-refractivity contribution < 1.29 is 0 Å². The largest absolute Gasteiger partial charge is 0.313 e. The number of fused-ring (bicyclic) bond motifs is 1. The molecule has 0 atom stereocenters. The highest BCUT2D eigenvalue weighted by Gasteiger charge is 2.38. The Morgan fingerprint density at radius 2 is 1.63 bits per heavy atom. The van der Waals surface area contributed by atoms with Crippen LogP contribution in [0.2, 0.25) is 0 Å². The number of hydrogen-bond donors (Lipinski definition) is 1. The Morgan fingerprint density at radius 1 is 1.05 bits per heavy atom. The number of hydrogen-bond acceptors (Lipinski definition) is 1. The van der Waals surface area contributed by atoms with Crippen LogP contribution in [0.4, 0.5) is 0 Å². The minimum atomic E-state index is -0.834. The maximum absolute atomic E-state index is 3.49. The summed E-state index contributed by atoms with van der Waals surface area (Å²) in [7, 11) is -0.834. The average Bonchev–Trinajstić information content (AvgIpc) is 2.73. The van der Waals surface area contributed by atoms with Gasteiger partial charge in [0, 0.05) is 47.2 Å². The van der Waals surface area contributed by atoms with Gasteiger partial charge in [0.25, 0.3) is 0 Å². The van der Waals surface area contributed by atoms with Gasteiger partial charge in [0.05, 0.1) is 0 Å². The number of nitrogens with one attached hydrogen (secondary N) is 1. The second-order valence-electron chi connectivity index (χ2n) is 6.41. The second kappa shape index (κ2) is 5.53. The van der Waals surface area contributed by atoms with Gasteiger partial charge in [-0.05, 0) is 11.6 Å². The molecule has 19 heavy (non-hydrogen) atoms. The van der Waals surface area contributed by atoms with E-state index in [1.807, 2.05) is 0 Å². The first-order valence-corrected chi connectivity index (χ1v) is 9.40. The van der Waals surface area contributed by atoms with Crippen LogP contribution in [0.5, 0.6) is 0 Å². The third-order valence-electron chi connectivity index (χ3n) is 4.51. The molecule has 2 nitrogen and oxygen atoms in total. The second-order valence-corrected chi connectivity index (χ2v) is 11.1. The van der Waals surface area contributed by atoms with E-state index in [9.17, 15) is 0 Å². The third kappa shape index (κ3) is 2.25. The van der Waals surface area contributed by atoms with Crippen molar-refractivity contribution in [3.8, 4) is 0 Å². The lowest BCUT2D eigenvalue weighted by Gasteiger charge is -2.53. The van der Waals surface area contributed by atoms with E-state index in [1.165, 1.54) is 12.0 Å². The van der Waals surface area contributed by atoms with Gasteiger partial charge in [-0.2, -0.15) is 10.2 Å². The summed E-state index contributed by atoms with van der Waals surface area (Å²) in [6.07, 6.45) is 3.57. The Labute approximate surface area is 120 Å². The Hall–Kier alpha value is -0.410. The molecule has 1 aliphatic heterocycles. The molecule has 110 valence electrons. The van der Waals surface area contributed by atoms with Gasteiger partial charge < -0.3 is 9.29 Å². The first kappa shape index (κ1) is 15.0. The Kier molecular flexibility index (Phi) is 4.36. The molecular weight excluding hydrogens is 252 g/mol. The lowest BCUT2D eigenvalue weighted by Crippen LogP contribution is -2.36. The first-order chi connectivity index (χ1) is 8.92. The zero-order valence-corrected chi connectivity index (χ0v) is 14.2. The highest BCUT2D eigenvalue weighted by molar-refractivity contribution is 8.33. The summed E-state index contributed by atoms with van der Waals surface area (Å²) >= 11 is 0. The molecule has 0 bridgehead atoms. The summed E-state index contributed by atoms with van der Waals surface area (Å²) in [5.74, 6) is 0. The maximum Gasteiger partial charge on any atom is 0.0333 e. The Bertz CT molecular complexity index is 410. The molecule has 0 saturated heterocycles. The van der Waals surface area contributed by atoms with Crippen molar-refractivity contribution in [1.29, 1.82) is 0 Å². The lowest BCUT2D eigenvalue weighted by molar-refractivity contribution is 0.632. The maximum atomic E-state index is 3.49. The van der Waals surface area contributed by atoms with Crippen LogP contribution in [-0.4, -0.2) is 26.3 Å². The molecule has 0 unspecified atom stereocenters. The van der Waals surface area contributed by atoms with E-state index in [2.05, 4.69) is 63.1 Å². The van der Waals surface area contributed by atoms with Crippen molar-refractivity contribution in [3.05, 3.63) is 23.5 Å². The highest BCUT2D eigenvalue weighted by atomic mass is 32.3. The van der Waals surface area contributed by atoms with Crippen LogP contribution < -0.4 is 5.32 Å². The molecule has 1 aromatic rings. The Balaban J connectivity index is 2.58. The van der Waals surface area contributed by atoms with E-state index >= 15 is 0 Å². The van der Waals surface area contributed by atoms with Crippen LogP contribution in [0.1, 0.15) is 52.8 Å². The van der Waals surface area contributed by atoms with Crippen molar-refractivity contribution in [1.82, 2.24) is 9.29 Å². The van der Waals surface area contributed by atoms with Crippen molar-refractivity contribution in [2.75, 3.05) is 6.54 Å². The molecule has 2 rings (SSSR count). The molecule has 0 radical (unpaired) electrons. The van der Waals surface area contributed by atoms with Gasteiger partial charge >= 0.3 is 0 Å². The molecule has 0 saturated carbocycles. The normalized spacial score (nSPS) is 17.3. The molecule has 0 spiro atoms. The summed E-state index contributed by atoms with van der Waals surface area (Å²) < 4.78 is 2.71. The minimum absolute atomic E-state index is 0.721. The summed E-state index contributed by atoms with van der Waals surface area (Å²) in [6, 6.07) is 2.34. The van der Waals surface area contributed by atoms with Gasteiger partial charge in [0.15, 0.2) is 0 Å². The van der Waals surface area contributed by atoms with Gasteiger partial charge in [0.2, 0.25) is 0 Å². The smallest absolute Gasteiger partial charge is 0.0333 e. The summed E-state index contributed by atoms with van der Waals surface area (Å²) in [5, 5.41) is 5.65. The molecule has 1 N–H and O–H groups in total. The molecule has 0 fully saturated rings. The zero-order chi connectivity index (χ0) is 14.2. The van der Waals surface area contributed by atoms with Crippen LogP contribution >= 0.6 is 10.2 Å². The van der Waals surface area contributed by atoms with Crippen LogP contribution in [0, 0.1) is 0 Å². The van der Waals surface area contributed by atoms with Gasteiger partial charge in [-0.1, -0.05) is 41.5 Å². The fourth-order valence-electron chi connectivity index (χ4n) is 3.96. The highest BCUT2D eigenvalue weighted by Crippen LogP contribution is 2.62. The molecule has 0 amide bonds. The van der Waals surface area contributed by atoms with Gasteiger partial charge in [-0.25, -0.2) is 0 Å². The van der Waals surface area contributed by atoms with Crippen molar-refractivity contribution >= 4 is 10.2 Å². The molecule has 3 heteroatoms. The fraction of sp³-hybridized carbons (Fsp3) is 0.750. The molecule has 2 heterocycles. The van der Waals surface area contributed by atoms with Gasteiger partial charge in [0.1, 0.15) is 0 Å². The first-order valence-electron chi connectivity index (χ1n) is 7.62. The number of aromatic nitrogens is 1. The third-order valence-corrected chi connectivity index (χ3v) is 10.1. The predicted molar refractivity (Wildman–Crippen MR) is 88.2 cm³/mol. The molecular formula is C16H30N2S. The van der Waals surface area contributed by atoms with Crippen LogP contribution in [0.15, 0.2) is 12.3 Å². The number of rotatable bonds is 4. The lowest BCUT2D eigenvalue weighted by atomic mass is 10.1. The minimum Gasteiger partial charge on any atom is -0.313 e. The van der Waals surface area contributed by atoms with Crippen LogP contribution in [-0.2, 0) is 13.0 Å². The summed E-state index contributed by atoms with van der Waals surface area (Å²) in [6.45, 7) is 16.7. The topological polar surface area (TPSA) is 17.0 Å². The molecule has 1 aliphatic rings. The van der Waals surface area contributed by atoms with E-state index in [-0.39, 0.29) is 0 Å². The van der Waals surface area contributed by atoms with Crippen molar-refractivity contribution in [3.63, 3.8) is 0 Å². The van der Waals surface area contributed by atoms with E-state index in [0.29, 0.717) is 0 Å². The standard InChI is InChI=1S/C16H30N2S/c1-12(2)19(13(3)4,14(5)6)18-10-8-15-11-17-9-7-16(15)18/h8,10,12-14,17H,7,9,11H2,1-6H3.